The maximum Gasteiger partial charge on any atom is 0.258 e. The van der Waals surface area contributed by atoms with Gasteiger partial charge in [-0.05, 0) is 18.7 Å². The van der Waals surface area contributed by atoms with Crippen molar-refractivity contribution in [3.8, 4) is 0 Å². The van der Waals surface area contributed by atoms with E-state index in [1.165, 1.54) is 0 Å². The second-order valence-corrected chi connectivity index (χ2v) is 4.15. The first kappa shape index (κ1) is 12.5. The molecular formula is C14H17N3O. The lowest BCUT2D eigenvalue weighted by Gasteiger charge is -2.17. The highest BCUT2D eigenvalue weighted by atomic mass is 16.1. The molecule has 4 nitrogen and oxygen atoms in total. The van der Waals surface area contributed by atoms with Crippen LogP contribution in [0.25, 0.3) is 10.9 Å². The molecule has 94 valence electrons. The molecule has 1 aromatic carbocycles. The summed E-state index contributed by atoms with van der Waals surface area (Å²) in [5.41, 5.74) is 0.663. The number of nitrogens with zero attached hydrogens (tertiary/aromatic N) is 2. The molecule has 0 spiro atoms. The number of hydrogen-bond acceptors (Lipinski definition) is 3. The van der Waals surface area contributed by atoms with E-state index in [4.69, 9.17) is 0 Å². The highest BCUT2D eigenvalue weighted by molar-refractivity contribution is 5.77. The van der Waals surface area contributed by atoms with Gasteiger partial charge in [-0.2, -0.15) is 0 Å². The van der Waals surface area contributed by atoms with Crippen molar-refractivity contribution in [1.82, 2.24) is 14.9 Å². The van der Waals surface area contributed by atoms with Crippen LogP contribution in [0.1, 0.15) is 12.7 Å². The first-order chi connectivity index (χ1) is 8.74. The number of likely N-dealkylation sites (N-methyl/N-ethyl adjacent to an activating group) is 1. The third-order valence-corrected chi connectivity index (χ3v) is 2.87. The molecule has 0 amide bonds. The Morgan fingerprint density at radius 2 is 2.22 bits per heavy atom. The molecule has 1 N–H and O–H groups in total. The van der Waals surface area contributed by atoms with Gasteiger partial charge in [0.25, 0.3) is 5.56 Å². The van der Waals surface area contributed by atoms with E-state index in [-0.39, 0.29) is 5.56 Å². The SMILES string of the molecule is C=CCN(CC)Cc1nc2ccccc2c(=O)[nH]1. The molecule has 1 heterocycles. The van der Waals surface area contributed by atoms with Crippen molar-refractivity contribution in [2.24, 2.45) is 0 Å². The molecule has 0 aliphatic rings. The topological polar surface area (TPSA) is 49.0 Å². The molecule has 0 radical (unpaired) electrons. The van der Waals surface area contributed by atoms with Crippen molar-refractivity contribution in [3.05, 3.63) is 53.1 Å². The number of nitrogens with one attached hydrogen (secondary N) is 1. The van der Waals surface area contributed by atoms with E-state index >= 15 is 0 Å². The lowest BCUT2D eigenvalue weighted by atomic mass is 10.2. The fraction of sp³-hybridized carbons (Fsp3) is 0.286. The summed E-state index contributed by atoms with van der Waals surface area (Å²) in [6, 6.07) is 7.37. The second kappa shape index (κ2) is 5.60. The molecule has 4 heteroatoms. The minimum Gasteiger partial charge on any atom is -0.309 e. The second-order valence-electron chi connectivity index (χ2n) is 4.15. The summed E-state index contributed by atoms with van der Waals surface area (Å²) in [5.74, 6) is 0.697. The van der Waals surface area contributed by atoms with Crippen LogP contribution in [0.4, 0.5) is 0 Å². The van der Waals surface area contributed by atoms with Crippen LogP contribution in [-0.4, -0.2) is 28.0 Å². The standard InChI is InChI=1S/C14H17N3O/c1-3-9-17(4-2)10-13-15-12-8-6-5-7-11(12)14(18)16-13/h3,5-8H,1,4,9-10H2,2H3,(H,15,16,18). The first-order valence-corrected chi connectivity index (χ1v) is 6.05. The Labute approximate surface area is 106 Å². The van der Waals surface area contributed by atoms with Crippen LogP contribution >= 0.6 is 0 Å². The number of hydrogen-bond donors (Lipinski definition) is 1. The van der Waals surface area contributed by atoms with Crippen molar-refractivity contribution < 1.29 is 0 Å². The number of para-hydroxylation sites is 1. The van der Waals surface area contributed by atoms with E-state index in [0.717, 1.165) is 18.6 Å². The summed E-state index contributed by atoms with van der Waals surface area (Å²) in [4.78, 5) is 21.4. The van der Waals surface area contributed by atoms with Crippen LogP contribution in [0.15, 0.2) is 41.7 Å². The van der Waals surface area contributed by atoms with Crippen molar-refractivity contribution in [2.75, 3.05) is 13.1 Å². The molecule has 18 heavy (non-hydrogen) atoms. The van der Waals surface area contributed by atoms with Gasteiger partial charge in [-0.3, -0.25) is 9.69 Å². The van der Waals surface area contributed by atoms with Crippen LogP contribution in [-0.2, 0) is 6.54 Å². The van der Waals surface area contributed by atoms with Crippen molar-refractivity contribution in [3.63, 3.8) is 0 Å². The van der Waals surface area contributed by atoms with Gasteiger partial charge in [-0.25, -0.2) is 4.98 Å². The molecule has 0 saturated carbocycles. The Hall–Kier alpha value is -1.94. The van der Waals surface area contributed by atoms with E-state index in [1.807, 2.05) is 24.3 Å². The average Bonchev–Trinajstić information content (AvgIpc) is 2.38. The maximum atomic E-state index is 11.9. The molecule has 0 aliphatic heterocycles. The summed E-state index contributed by atoms with van der Waals surface area (Å²) >= 11 is 0. The molecule has 0 fully saturated rings. The van der Waals surface area contributed by atoms with Gasteiger partial charge >= 0.3 is 0 Å². The fourth-order valence-electron chi connectivity index (χ4n) is 1.91. The Kier molecular flexibility index (Phi) is 3.89. The van der Waals surface area contributed by atoms with Gasteiger partial charge in [0.15, 0.2) is 0 Å². The summed E-state index contributed by atoms with van der Waals surface area (Å²) in [7, 11) is 0. The molecule has 2 aromatic rings. The molecule has 0 unspecified atom stereocenters. The molecule has 0 bridgehead atoms. The average molecular weight is 243 g/mol. The smallest absolute Gasteiger partial charge is 0.258 e. The molecule has 0 saturated heterocycles. The maximum absolute atomic E-state index is 11.9. The van der Waals surface area contributed by atoms with Gasteiger partial charge in [-0.15, -0.1) is 6.58 Å². The van der Waals surface area contributed by atoms with Crippen LogP contribution in [0.5, 0.6) is 0 Å². The van der Waals surface area contributed by atoms with Gasteiger partial charge in [0, 0.05) is 6.54 Å². The monoisotopic (exact) mass is 243 g/mol. The fourth-order valence-corrected chi connectivity index (χ4v) is 1.91. The van der Waals surface area contributed by atoms with Gasteiger partial charge in [0.1, 0.15) is 5.82 Å². The van der Waals surface area contributed by atoms with E-state index in [0.29, 0.717) is 17.8 Å². The lowest BCUT2D eigenvalue weighted by molar-refractivity contribution is 0.303. The van der Waals surface area contributed by atoms with Crippen molar-refractivity contribution >= 4 is 10.9 Å². The number of benzene rings is 1. The zero-order valence-corrected chi connectivity index (χ0v) is 10.5. The lowest BCUT2D eigenvalue weighted by Crippen LogP contribution is -2.25. The number of aromatic nitrogens is 2. The van der Waals surface area contributed by atoms with E-state index < -0.39 is 0 Å². The predicted molar refractivity (Wildman–Crippen MR) is 73.5 cm³/mol. The van der Waals surface area contributed by atoms with Gasteiger partial charge in [0.05, 0.1) is 17.4 Å². The summed E-state index contributed by atoms with van der Waals surface area (Å²) in [6.45, 7) is 8.10. The van der Waals surface area contributed by atoms with Gasteiger partial charge in [0.2, 0.25) is 0 Å². The molecule has 0 aliphatic carbocycles. The number of rotatable bonds is 5. The number of fused-ring (bicyclic) bond motifs is 1. The quantitative estimate of drug-likeness (QED) is 0.816. The zero-order valence-electron chi connectivity index (χ0n) is 10.5. The molecule has 0 atom stereocenters. The summed E-state index contributed by atoms with van der Waals surface area (Å²) < 4.78 is 0. The van der Waals surface area contributed by atoms with Gasteiger partial charge in [-0.1, -0.05) is 25.1 Å². The summed E-state index contributed by atoms with van der Waals surface area (Å²) in [6.07, 6.45) is 1.85. The Balaban J connectivity index is 2.34. The predicted octanol–water partition coefficient (Wildman–Crippen LogP) is 1.93. The van der Waals surface area contributed by atoms with E-state index in [1.54, 1.807) is 6.07 Å². The Bertz CT molecular complexity index is 603. The van der Waals surface area contributed by atoms with Crippen molar-refractivity contribution in [1.29, 1.82) is 0 Å². The highest BCUT2D eigenvalue weighted by Crippen LogP contribution is 2.06. The minimum atomic E-state index is -0.0785. The third kappa shape index (κ3) is 2.65. The minimum absolute atomic E-state index is 0.0785. The highest BCUT2D eigenvalue weighted by Gasteiger charge is 2.06. The first-order valence-electron chi connectivity index (χ1n) is 6.05. The third-order valence-electron chi connectivity index (χ3n) is 2.87. The largest absolute Gasteiger partial charge is 0.309 e. The van der Waals surface area contributed by atoms with E-state index in [2.05, 4.69) is 28.4 Å². The normalized spacial score (nSPS) is 11.0. The van der Waals surface area contributed by atoms with Crippen molar-refractivity contribution in [2.45, 2.75) is 13.5 Å². The number of aromatic amines is 1. The Morgan fingerprint density at radius 3 is 2.94 bits per heavy atom. The zero-order chi connectivity index (χ0) is 13.0. The Morgan fingerprint density at radius 1 is 1.44 bits per heavy atom. The molecule has 2 rings (SSSR count). The molecule has 1 aromatic heterocycles. The van der Waals surface area contributed by atoms with Crippen LogP contribution in [0, 0.1) is 0 Å². The van der Waals surface area contributed by atoms with E-state index in [9.17, 15) is 4.79 Å². The molecular weight excluding hydrogens is 226 g/mol. The van der Waals surface area contributed by atoms with Crippen LogP contribution < -0.4 is 5.56 Å². The summed E-state index contributed by atoms with van der Waals surface area (Å²) in [5, 5.41) is 0.632. The number of H-pyrrole nitrogens is 1. The van der Waals surface area contributed by atoms with Crippen LogP contribution in [0.3, 0.4) is 0 Å². The van der Waals surface area contributed by atoms with Crippen LogP contribution in [0.2, 0.25) is 0 Å². The van der Waals surface area contributed by atoms with Gasteiger partial charge < -0.3 is 4.98 Å².